The van der Waals surface area contributed by atoms with E-state index >= 15 is 0 Å². The van der Waals surface area contributed by atoms with Crippen molar-refractivity contribution >= 4 is 8.80 Å². The van der Waals surface area contributed by atoms with Crippen LogP contribution in [0.2, 0.25) is 6.04 Å². The van der Waals surface area contributed by atoms with Crippen LogP contribution in [-0.2, 0) is 4.43 Å². The van der Waals surface area contributed by atoms with E-state index in [4.69, 9.17) is 14.0 Å². The molecule has 0 atom stereocenters. The van der Waals surface area contributed by atoms with E-state index in [1.54, 1.807) is 6.92 Å². The summed E-state index contributed by atoms with van der Waals surface area (Å²) in [6.45, 7) is 4.04. The van der Waals surface area contributed by atoms with Crippen molar-refractivity contribution in [3.63, 3.8) is 0 Å². The van der Waals surface area contributed by atoms with Gasteiger partial charge in [0.25, 0.3) is 0 Å². The first-order valence-corrected chi connectivity index (χ1v) is 5.22. The van der Waals surface area contributed by atoms with Gasteiger partial charge in [-0.1, -0.05) is 13.3 Å². The molecule has 0 aromatic heterocycles. The van der Waals surface area contributed by atoms with Gasteiger partial charge in [-0.3, -0.25) is 0 Å². The SMILES string of the molecule is CCC[Si](O)(O)OCC. The molecule has 0 aliphatic carbocycles. The van der Waals surface area contributed by atoms with Gasteiger partial charge in [-0.2, -0.15) is 0 Å². The highest BCUT2D eigenvalue weighted by atomic mass is 28.4. The monoisotopic (exact) mass is 150 g/mol. The Morgan fingerprint density at radius 2 is 1.89 bits per heavy atom. The molecule has 9 heavy (non-hydrogen) atoms. The fraction of sp³-hybridized carbons (Fsp3) is 1.00. The van der Waals surface area contributed by atoms with Crippen molar-refractivity contribution in [2.75, 3.05) is 6.61 Å². The van der Waals surface area contributed by atoms with E-state index in [0.717, 1.165) is 6.42 Å². The Balaban J connectivity index is 3.43. The van der Waals surface area contributed by atoms with Crippen LogP contribution in [0.4, 0.5) is 0 Å². The molecule has 0 spiro atoms. The lowest BCUT2D eigenvalue weighted by Crippen LogP contribution is -2.38. The van der Waals surface area contributed by atoms with Crippen LogP contribution in [0, 0.1) is 0 Å². The third kappa shape index (κ3) is 4.59. The Bertz CT molecular complexity index is 66.6. The van der Waals surface area contributed by atoms with Crippen LogP contribution >= 0.6 is 0 Å². The fourth-order valence-corrected chi connectivity index (χ4v) is 1.89. The molecule has 0 rings (SSSR count). The summed E-state index contributed by atoms with van der Waals surface area (Å²) < 4.78 is 4.72. The minimum Gasteiger partial charge on any atom is -0.390 e. The summed E-state index contributed by atoms with van der Waals surface area (Å²) in [6.07, 6.45) is 0.763. The normalized spacial score (nSPS) is 12.0. The van der Waals surface area contributed by atoms with Crippen LogP contribution < -0.4 is 0 Å². The second-order valence-corrected chi connectivity index (χ2v) is 4.20. The predicted molar refractivity (Wildman–Crippen MR) is 36.9 cm³/mol. The maximum absolute atomic E-state index is 8.99. The summed E-state index contributed by atoms with van der Waals surface area (Å²) in [5, 5.41) is 0. The summed E-state index contributed by atoms with van der Waals surface area (Å²) in [4.78, 5) is 18.0. The topological polar surface area (TPSA) is 49.7 Å². The van der Waals surface area contributed by atoms with Crippen molar-refractivity contribution in [1.29, 1.82) is 0 Å². The third-order valence-electron chi connectivity index (χ3n) is 0.951. The maximum atomic E-state index is 8.99. The highest BCUT2D eigenvalue weighted by Gasteiger charge is 2.29. The number of hydrogen-bond acceptors (Lipinski definition) is 3. The minimum absolute atomic E-state index is 0.388. The highest BCUT2D eigenvalue weighted by molar-refractivity contribution is 6.57. The molecule has 2 N–H and O–H groups in total. The average molecular weight is 150 g/mol. The lowest BCUT2D eigenvalue weighted by molar-refractivity contribution is 0.155. The molecule has 0 saturated carbocycles. The zero-order chi connectivity index (χ0) is 7.33. The van der Waals surface area contributed by atoms with Gasteiger partial charge in [0.1, 0.15) is 0 Å². The van der Waals surface area contributed by atoms with Crippen molar-refractivity contribution < 1.29 is 14.0 Å². The molecule has 0 aromatic carbocycles. The molecule has 56 valence electrons. The molecular formula is C5H14O3Si. The van der Waals surface area contributed by atoms with Gasteiger partial charge in [-0.25, -0.2) is 0 Å². The first-order valence-electron chi connectivity index (χ1n) is 3.21. The predicted octanol–water partition coefficient (Wildman–Crippen LogP) is 0.356. The Hall–Kier alpha value is 0.0969. The van der Waals surface area contributed by atoms with Crippen LogP contribution in [-0.4, -0.2) is 25.0 Å². The molecule has 0 unspecified atom stereocenters. The third-order valence-corrected chi connectivity index (χ3v) is 2.85. The first kappa shape index (κ1) is 9.10. The van der Waals surface area contributed by atoms with Gasteiger partial charge >= 0.3 is 8.80 Å². The van der Waals surface area contributed by atoms with Crippen molar-refractivity contribution in [2.45, 2.75) is 26.3 Å². The van der Waals surface area contributed by atoms with Crippen LogP contribution in [0.25, 0.3) is 0 Å². The van der Waals surface area contributed by atoms with Crippen molar-refractivity contribution in [3.05, 3.63) is 0 Å². The average Bonchev–Trinajstić information content (AvgIpc) is 1.64. The van der Waals surface area contributed by atoms with E-state index in [1.807, 2.05) is 6.92 Å². The van der Waals surface area contributed by atoms with E-state index < -0.39 is 8.80 Å². The molecule has 3 nitrogen and oxygen atoms in total. The Kier molecular flexibility index (Phi) is 4.04. The molecule has 0 aromatic rings. The Labute approximate surface area is 56.7 Å². The summed E-state index contributed by atoms with van der Waals surface area (Å²) >= 11 is 0. The van der Waals surface area contributed by atoms with Gasteiger partial charge in [0, 0.05) is 12.7 Å². The van der Waals surface area contributed by atoms with Crippen molar-refractivity contribution in [3.8, 4) is 0 Å². The van der Waals surface area contributed by atoms with Gasteiger partial charge in [0.05, 0.1) is 0 Å². The molecular weight excluding hydrogens is 136 g/mol. The zero-order valence-electron chi connectivity index (χ0n) is 5.92. The largest absolute Gasteiger partial charge is 0.495 e. The lowest BCUT2D eigenvalue weighted by atomic mass is 10.6. The molecule has 0 aliphatic rings. The summed E-state index contributed by atoms with van der Waals surface area (Å²) in [6, 6.07) is 0.404. The van der Waals surface area contributed by atoms with Gasteiger partial charge in [-0.05, 0) is 6.92 Å². The molecule has 0 saturated heterocycles. The summed E-state index contributed by atoms with van der Waals surface area (Å²) in [7, 11) is -3.20. The van der Waals surface area contributed by atoms with Gasteiger partial charge < -0.3 is 14.0 Å². The Morgan fingerprint density at radius 1 is 1.33 bits per heavy atom. The Morgan fingerprint density at radius 3 is 2.22 bits per heavy atom. The summed E-state index contributed by atoms with van der Waals surface area (Å²) in [5.74, 6) is 0. The molecule has 4 heteroatoms. The highest BCUT2D eigenvalue weighted by Crippen LogP contribution is 2.05. The molecule has 0 aliphatic heterocycles. The molecule has 0 radical (unpaired) electrons. The van der Waals surface area contributed by atoms with Crippen LogP contribution in [0.1, 0.15) is 20.3 Å². The second-order valence-electron chi connectivity index (χ2n) is 1.93. The number of rotatable bonds is 4. The van der Waals surface area contributed by atoms with Crippen LogP contribution in [0.5, 0.6) is 0 Å². The molecule has 0 heterocycles. The zero-order valence-corrected chi connectivity index (χ0v) is 6.92. The van der Waals surface area contributed by atoms with Gasteiger partial charge in [0.2, 0.25) is 0 Å². The quantitative estimate of drug-likeness (QED) is 0.569. The van der Waals surface area contributed by atoms with Gasteiger partial charge in [0.15, 0.2) is 0 Å². The van der Waals surface area contributed by atoms with E-state index in [9.17, 15) is 0 Å². The van der Waals surface area contributed by atoms with E-state index in [2.05, 4.69) is 0 Å². The minimum atomic E-state index is -3.20. The van der Waals surface area contributed by atoms with Crippen LogP contribution in [0.15, 0.2) is 0 Å². The van der Waals surface area contributed by atoms with E-state index in [1.165, 1.54) is 0 Å². The number of hydrogen-bond donors (Lipinski definition) is 2. The molecule has 0 fully saturated rings. The summed E-state index contributed by atoms with van der Waals surface area (Å²) in [5.41, 5.74) is 0. The smallest absolute Gasteiger partial charge is 0.390 e. The van der Waals surface area contributed by atoms with E-state index in [-0.39, 0.29) is 0 Å². The molecule has 0 bridgehead atoms. The molecule has 0 amide bonds. The first-order chi connectivity index (χ1) is 4.12. The second kappa shape index (κ2) is 4.00. The standard InChI is InChI=1S/C5H14O3Si/c1-3-5-9(6,7)8-4-2/h6-7H,3-5H2,1-2H3. The maximum Gasteiger partial charge on any atom is 0.495 e. The van der Waals surface area contributed by atoms with Crippen molar-refractivity contribution in [2.24, 2.45) is 0 Å². The van der Waals surface area contributed by atoms with E-state index in [0.29, 0.717) is 12.7 Å². The fourth-order valence-electron chi connectivity index (χ4n) is 0.629. The van der Waals surface area contributed by atoms with Crippen LogP contribution in [0.3, 0.4) is 0 Å². The lowest BCUT2D eigenvalue weighted by Gasteiger charge is -2.14. The van der Waals surface area contributed by atoms with Gasteiger partial charge in [-0.15, -0.1) is 0 Å². The van der Waals surface area contributed by atoms with Crippen molar-refractivity contribution in [1.82, 2.24) is 0 Å².